The minimum absolute atomic E-state index is 0.0700. The Labute approximate surface area is 205 Å². The van der Waals surface area contributed by atoms with Gasteiger partial charge in [0.05, 0.1) is 20.2 Å². The number of nitro groups is 1. The van der Waals surface area contributed by atoms with Crippen LogP contribution in [0.3, 0.4) is 0 Å². The number of thiophene rings is 1. The van der Waals surface area contributed by atoms with Crippen LogP contribution in [0.4, 0.5) is 10.5 Å². The van der Waals surface area contributed by atoms with E-state index in [-0.39, 0.29) is 29.3 Å². The number of likely N-dealkylation sites (tertiary alicyclic amines) is 1. The van der Waals surface area contributed by atoms with E-state index in [1.54, 1.807) is 17.0 Å². The molecule has 1 fully saturated rings. The number of nitrogens with one attached hydrogen (secondary N) is 1. The van der Waals surface area contributed by atoms with E-state index in [0.29, 0.717) is 35.1 Å². The van der Waals surface area contributed by atoms with Crippen molar-refractivity contribution < 1.29 is 19.2 Å². The fraction of sp³-hybridized carbons (Fsp3) is 0.250. The van der Waals surface area contributed by atoms with Crippen molar-refractivity contribution in [2.75, 3.05) is 13.1 Å². The Morgan fingerprint density at radius 2 is 1.74 bits per heavy atom. The van der Waals surface area contributed by atoms with Crippen molar-refractivity contribution in [3.05, 3.63) is 91.6 Å². The van der Waals surface area contributed by atoms with E-state index in [0.717, 1.165) is 5.56 Å². The van der Waals surface area contributed by atoms with Crippen molar-refractivity contribution in [1.82, 2.24) is 10.2 Å². The number of nitrogens with zero attached hydrogens (tertiary/aromatic N) is 2. The number of piperidine rings is 1. The van der Waals surface area contributed by atoms with E-state index in [1.807, 2.05) is 30.3 Å². The molecule has 1 aromatic heterocycles. The van der Waals surface area contributed by atoms with Crippen LogP contribution in [0.25, 0.3) is 0 Å². The van der Waals surface area contributed by atoms with Crippen LogP contribution in [0.15, 0.2) is 66.7 Å². The lowest BCUT2D eigenvalue weighted by Gasteiger charge is -2.36. The number of carbonyl (C=O) groups excluding carboxylic acids is 2. The maximum atomic E-state index is 12.8. The first-order chi connectivity index (χ1) is 16.4. The van der Waals surface area contributed by atoms with Gasteiger partial charge in [0.15, 0.2) is 0 Å². The van der Waals surface area contributed by atoms with Gasteiger partial charge < -0.3 is 15.0 Å². The lowest BCUT2D eigenvalue weighted by atomic mass is 9.85. The standard InChI is InChI=1S/C24H22ClN3O5S/c25-21-11-10-20(34-21)23(29)26-22(16-4-2-1-3-5-16)17-12-14-27(15-13-17)24(30)33-19-8-6-18(7-9-19)28(31)32/h1-11,17,22H,12-15H2,(H,26,29). The zero-order valence-corrected chi connectivity index (χ0v) is 19.6. The second kappa shape index (κ2) is 10.7. The lowest BCUT2D eigenvalue weighted by Crippen LogP contribution is -2.44. The summed E-state index contributed by atoms with van der Waals surface area (Å²) in [5.74, 6) is 0.206. The molecule has 1 aliphatic rings. The Kier molecular flexibility index (Phi) is 7.44. The fourth-order valence-corrected chi connectivity index (χ4v) is 4.95. The molecule has 2 amide bonds. The van der Waals surface area contributed by atoms with Gasteiger partial charge in [-0.3, -0.25) is 14.9 Å². The van der Waals surface area contributed by atoms with Gasteiger partial charge in [0.25, 0.3) is 11.6 Å². The average molecular weight is 500 g/mol. The number of hydrogen-bond acceptors (Lipinski definition) is 6. The molecule has 4 rings (SSSR count). The number of nitro benzene ring substituents is 1. The van der Waals surface area contributed by atoms with Crippen molar-refractivity contribution in [2.45, 2.75) is 18.9 Å². The number of hydrogen-bond donors (Lipinski definition) is 1. The Hall–Kier alpha value is -3.43. The summed E-state index contributed by atoms with van der Waals surface area (Å²) in [5, 5.41) is 13.9. The normalized spacial score (nSPS) is 14.9. The molecular weight excluding hydrogens is 478 g/mol. The van der Waals surface area contributed by atoms with Crippen LogP contribution in [-0.4, -0.2) is 34.9 Å². The number of amides is 2. The van der Waals surface area contributed by atoms with Gasteiger partial charge in [0.1, 0.15) is 5.75 Å². The highest BCUT2D eigenvalue weighted by Crippen LogP contribution is 2.32. The second-order valence-electron chi connectivity index (χ2n) is 7.91. The van der Waals surface area contributed by atoms with Crippen LogP contribution in [0.5, 0.6) is 5.75 Å². The smallest absolute Gasteiger partial charge is 0.410 e. The molecule has 176 valence electrons. The van der Waals surface area contributed by atoms with Gasteiger partial charge in [-0.2, -0.15) is 0 Å². The van der Waals surface area contributed by atoms with Gasteiger partial charge in [-0.05, 0) is 48.6 Å². The molecule has 3 aromatic rings. The Morgan fingerprint density at radius 1 is 1.06 bits per heavy atom. The molecule has 0 bridgehead atoms. The predicted octanol–water partition coefficient (Wildman–Crippen LogP) is 5.69. The molecular formula is C24H22ClN3O5S. The predicted molar refractivity (Wildman–Crippen MR) is 129 cm³/mol. The fourth-order valence-electron chi connectivity index (χ4n) is 4.00. The molecule has 0 radical (unpaired) electrons. The third kappa shape index (κ3) is 5.73. The highest BCUT2D eigenvalue weighted by molar-refractivity contribution is 7.18. The molecule has 0 saturated carbocycles. The summed E-state index contributed by atoms with van der Waals surface area (Å²) in [5.41, 5.74) is 0.935. The molecule has 2 aromatic carbocycles. The largest absolute Gasteiger partial charge is 0.415 e. The molecule has 0 aliphatic carbocycles. The highest BCUT2D eigenvalue weighted by atomic mass is 35.5. The van der Waals surface area contributed by atoms with E-state index >= 15 is 0 Å². The zero-order valence-electron chi connectivity index (χ0n) is 18.1. The Bertz CT molecular complexity index is 1160. The summed E-state index contributed by atoms with van der Waals surface area (Å²) in [4.78, 5) is 37.9. The summed E-state index contributed by atoms with van der Waals surface area (Å²) in [7, 11) is 0. The van der Waals surface area contributed by atoms with Crippen LogP contribution >= 0.6 is 22.9 Å². The Balaban J connectivity index is 1.39. The van der Waals surface area contributed by atoms with Gasteiger partial charge in [0, 0.05) is 25.2 Å². The first kappa shape index (κ1) is 23.7. The molecule has 1 N–H and O–H groups in total. The number of benzene rings is 2. The quantitative estimate of drug-likeness (QED) is 0.346. The minimum Gasteiger partial charge on any atom is -0.410 e. The van der Waals surface area contributed by atoms with Crippen molar-refractivity contribution in [3.8, 4) is 5.75 Å². The Morgan fingerprint density at radius 3 is 2.32 bits per heavy atom. The van der Waals surface area contributed by atoms with Crippen LogP contribution < -0.4 is 10.1 Å². The van der Waals surface area contributed by atoms with Gasteiger partial charge >= 0.3 is 6.09 Å². The first-order valence-corrected chi connectivity index (χ1v) is 11.9. The van der Waals surface area contributed by atoms with Crippen LogP contribution in [0.2, 0.25) is 4.34 Å². The molecule has 10 heteroatoms. The van der Waals surface area contributed by atoms with Crippen LogP contribution in [-0.2, 0) is 0 Å². The van der Waals surface area contributed by atoms with Gasteiger partial charge in [0.2, 0.25) is 0 Å². The van der Waals surface area contributed by atoms with Gasteiger partial charge in [-0.1, -0.05) is 41.9 Å². The maximum Gasteiger partial charge on any atom is 0.415 e. The lowest BCUT2D eigenvalue weighted by molar-refractivity contribution is -0.384. The summed E-state index contributed by atoms with van der Waals surface area (Å²) in [6.07, 6.45) is 0.863. The molecule has 1 atom stereocenters. The maximum absolute atomic E-state index is 12.8. The van der Waals surface area contributed by atoms with Crippen LogP contribution in [0, 0.1) is 16.0 Å². The summed E-state index contributed by atoms with van der Waals surface area (Å²) in [6.45, 7) is 0.945. The molecule has 1 unspecified atom stereocenters. The van der Waals surface area contributed by atoms with Gasteiger partial charge in [-0.25, -0.2) is 4.79 Å². The number of halogens is 1. The van der Waals surface area contributed by atoms with Crippen molar-refractivity contribution in [3.63, 3.8) is 0 Å². The van der Waals surface area contributed by atoms with E-state index < -0.39 is 11.0 Å². The summed E-state index contributed by atoms with van der Waals surface area (Å²) < 4.78 is 5.93. The van der Waals surface area contributed by atoms with Crippen LogP contribution in [0.1, 0.15) is 34.1 Å². The SMILES string of the molecule is O=C(NC(c1ccccc1)C1CCN(C(=O)Oc2ccc([N+](=O)[O-])cc2)CC1)c1ccc(Cl)s1. The number of carbonyl (C=O) groups is 2. The number of non-ortho nitro benzene ring substituents is 1. The molecule has 1 aliphatic heterocycles. The minimum atomic E-state index is -0.509. The summed E-state index contributed by atoms with van der Waals surface area (Å²) >= 11 is 7.23. The monoisotopic (exact) mass is 499 g/mol. The van der Waals surface area contributed by atoms with E-state index in [1.165, 1.54) is 35.6 Å². The third-order valence-corrected chi connectivity index (χ3v) is 6.99. The summed E-state index contributed by atoms with van der Waals surface area (Å²) in [6, 6.07) is 18.4. The van der Waals surface area contributed by atoms with Gasteiger partial charge in [-0.15, -0.1) is 11.3 Å². The van der Waals surface area contributed by atoms with E-state index in [9.17, 15) is 19.7 Å². The highest BCUT2D eigenvalue weighted by Gasteiger charge is 2.31. The van der Waals surface area contributed by atoms with E-state index in [2.05, 4.69) is 5.32 Å². The molecule has 8 nitrogen and oxygen atoms in total. The molecule has 34 heavy (non-hydrogen) atoms. The van der Waals surface area contributed by atoms with Crippen molar-refractivity contribution >= 4 is 40.6 Å². The molecule has 1 saturated heterocycles. The first-order valence-electron chi connectivity index (χ1n) is 10.7. The number of rotatable bonds is 6. The third-order valence-electron chi connectivity index (χ3n) is 5.76. The molecule has 2 heterocycles. The second-order valence-corrected chi connectivity index (χ2v) is 9.62. The van der Waals surface area contributed by atoms with E-state index in [4.69, 9.17) is 16.3 Å². The van der Waals surface area contributed by atoms with Crippen molar-refractivity contribution in [1.29, 1.82) is 0 Å². The number of ether oxygens (including phenoxy) is 1. The topological polar surface area (TPSA) is 102 Å². The zero-order chi connectivity index (χ0) is 24.1. The average Bonchev–Trinajstić information content (AvgIpc) is 3.30. The van der Waals surface area contributed by atoms with Crippen molar-refractivity contribution in [2.24, 2.45) is 5.92 Å². The molecule has 0 spiro atoms.